The lowest BCUT2D eigenvalue weighted by molar-refractivity contribution is -0.142. The zero-order chi connectivity index (χ0) is 12.6. The van der Waals surface area contributed by atoms with Gasteiger partial charge in [0.15, 0.2) is 5.78 Å². The van der Waals surface area contributed by atoms with Crippen molar-refractivity contribution >= 4 is 11.7 Å². The topological polar surface area (TPSA) is 46.6 Å². The van der Waals surface area contributed by atoms with Crippen LogP contribution >= 0.6 is 0 Å². The van der Waals surface area contributed by atoms with Crippen molar-refractivity contribution < 1.29 is 14.3 Å². The van der Waals surface area contributed by atoms with E-state index < -0.39 is 0 Å². The number of amides is 1. The zero-order valence-electron chi connectivity index (χ0n) is 10.8. The number of ether oxygens (including phenoxy) is 1. The van der Waals surface area contributed by atoms with Gasteiger partial charge in [0.05, 0.1) is 24.7 Å². The number of rotatable bonds is 1. The fourth-order valence-corrected chi connectivity index (χ4v) is 2.93. The van der Waals surface area contributed by atoms with Gasteiger partial charge in [-0.15, -0.1) is 0 Å². The van der Waals surface area contributed by atoms with Gasteiger partial charge in [0.25, 0.3) is 0 Å². The SMILES string of the molecule is CC1OC(C)C(C(=O)N2CCCC(=O)C2)C1C. The lowest BCUT2D eigenvalue weighted by atomic mass is 9.88. The smallest absolute Gasteiger partial charge is 0.229 e. The summed E-state index contributed by atoms with van der Waals surface area (Å²) in [5.41, 5.74) is 0. The highest BCUT2D eigenvalue weighted by Gasteiger charge is 2.43. The van der Waals surface area contributed by atoms with E-state index in [0.717, 1.165) is 13.0 Å². The van der Waals surface area contributed by atoms with E-state index in [0.29, 0.717) is 13.0 Å². The maximum atomic E-state index is 12.4. The van der Waals surface area contributed by atoms with Gasteiger partial charge < -0.3 is 9.64 Å². The highest BCUT2D eigenvalue weighted by Crippen LogP contribution is 2.33. The number of carbonyl (C=O) groups excluding carboxylic acids is 2. The van der Waals surface area contributed by atoms with E-state index in [4.69, 9.17) is 4.74 Å². The van der Waals surface area contributed by atoms with E-state index in [1.54, 1.807) is 4.90 Å². The number of nitrogens with zero attached hydrogens (tertiary/aromatic N) is 1. The van der Waals surface area contributed by atoms with Crippen molar-refractivity contribution in [3.63, 3.8) is 0 Å². The molecule has 0 aromatic heterocycles. The van der Waals surface area contributed by atoms with Crippen molar-refractivity contribution in [3.8, 4) is 0 Å². The maximum Gasteiger partial charge on any atom is 0.229 e. The lowest BCUT2D eigenvalue weighted by Crippen LogP contribution is -2.46. The molecule has 4 atom stereocenters. The molecular formula is C13H21NO3. The molecule has 2 aliphatic heterocycles. The van der Waals surface area contributed by atoms with Gasteiger partial charge in [0, 0.05) is 13.0 Å². The second kappa shape index (κ2) is 4.77. The number of hydrogen-bond donors (Lipinski definition) is 0. The molecule has 0 bridgehead atoms. The molecule has 2 saturated heterocycles. The van der Waals surface area contributed by atoms with E-state index in [1.165, 1.54) is 0 Å². The maximum absolute atomic E-state index is 12.4. The van der Waals surface area contributed by atoms with E-state index >= 15 is 0 Å². The average molecular weight is 239 g/mol. The fraction of sp³-hybridized carbons (Fsp3) is 0.846. The van der Waals surface area contributed by atoms with Crippen LogP contribution in [0.15, 0.2) is 0 Å². The molecule has 4 heteroatoms. The Bertz CT molecular complexity index is 329. The van der Waals surface area contributed by atoms with E-state index in [2.05, 4.69) is 6.92 Å². The van der Waals surface area contributed by atoms with Gasteiger partial charge in [-0.2, -0.15) is 0 Å². The van der Waals surface area contributed by atoms with Crippen LogP contribution in [0.2, 0.25) is 0 Å². The van der Waals surface area contributed by atoms with Crippen LogP contribution in [-0.2, 0) is 14.3 Å². The van der Waals surface area contributed by atoms with Crippen LogP contribution in [-0.4, -0.2) is 41.9 Å². The third-order valence-corrected chi connectivity index (χ3v) is 4.09. The predicted octanol–water partition coefficient (Wildman–Crippen LogP) is 1.24. The Hall–Kier alpha value is -0.900. The van der Waals surface area contributed by atoms with Crippen LogP contribution in [0.3, 0.4) is 0 Å². The molecule has 0 aliphatic carbocycles. The first kappa shape index (κ1) is 12.6. The van der Waals surface area contributed by atoms with Crippen LogP contribution < -0.4 is 0 Å². The molecule has 2 aliphatic rings. The Morgan fingerprint density at radius 2 is 2.00 bits per heavy atom. The Balaban J connectivity index is 2.06. The number of carbonyl (C=O) groups is 2. The second-order valence-electron chi connectivity index (χ2n) is 5.33. The summed E-state index contributed by atoms with van der Waals surface area (Å²) >= 11 is 0. The second-order valence-corrected chi connectivity index (χ2v) is 5.33. The highest BCUT2D eigenvalue weighted by molar-refractivity contribution is 5.88. The standard InChI is InChI=1S/C13H21NO3/c1-8-9(2)17-10(3)12(8)13(16)14-6-4-5-11(15)7-14/h8-10,12H,4-7H2,1-3H3. The van der Waals surface area contributed by atoms with Gasteiger partial charge in [-0.1, -0.05) is 6.92 Å². The number of Topliss-reactive ketones (excluding diaryl/α,β-unsaturated/α-hetero) is 1. The van der Waals surface area contributed by atoms with E-state index in [-0.39, 0.29) is 35.7 Å². The Morgan fingerprint density at radius 1 is 1.29 bits per heavy atom. The van der Waals surface area contributed by atoms with Crippen LogP contribution in [0.4, 0.5) is 0 Å². The minimum Gasteiger partial charge on any atom is -0.374 e. The molecule has 0 radical (unpaired) electrons. The van der Waals surface area contributed by atoms with Crippen molar-refractivity contribution in [1.29, 1.82) is 0 Å². The molecule has 4 nitrogen and oxygen atoms in total. The molecular weight excluding hydrogens is 218 g/mol. The molecule has 17 heavy (non-hydrogen) atoms. The third kappa shape index (κ3) is 2.37. The predicted molar refractivity (Wildman–Crippen MR) is 63.5 cm³/mol. The Kier molecular flexibility index (Phi) is 3.52. The molecule has 0 saturated carbocycles. The summed E-state index contributed by atoms with van der Waals surface area (Å²) < 4.78 is 5.69. The molecule has 2 rings (SSSR count). The minimum absolute atomic E-state index is 0.0375. The largest absolute Gasteiger partial charge is 0.374 e. The molecule has 0 spiro atoms. The Labute approximate surface area is 102 Å². The van der Waals surface area contributed by atoms with Gasteiger partial charge in [0.2, 0.25) is 5.91 Å². The minimum atomic E-state index is -0.0871. The summed E-state index contributed by atoms with van der Waals surface area (Å²) in [5, 5.41) is 0. The van der Waals surface area contributed by atoms with Gasteiger partial charge in [-0.25, -0.2) is 0 Å². The summed E-state index contributed by atoms with van der Waals surface area (Å²) in [6.45, 7) is 7.03. The molecule has 2 fully saturated rings. The molecule has 0 aromatic rings. The summed E-state index contributed by atoms with van der Waals surface area (Å²) in [6.07, 6.45) is 1.51. The van der Waals surface area contributed by atoms with Crippen LogP contribution in [0.25, 0.3) is 0 Å². The van der Waals surface area contributed by atoms with Crippen LogP contribution in [0.1, 0.15) is 33.6 Å². The molecule has 4 unspecified atom stereocenters. The average Bonchev–Trinajstić information content (AvgIpc) is 2.52. The van der Waals surface area contributed by atoms with Gasteiger partial charge in [-0.3, -0.25) is 9.59 Å². The van der Waals surface area contributed by atoms with Gasteiger partial charge >= 0.3 is 0 Å². The quantitative estimate of drug-likeness (QED) is 0.691. The van der Waals surface area contributed by atoms with Crippen molar-refractivity contribution in [2.24, 2.45) is 11.8 Å². The number of ketones is 1. The van der Waals surface area contributed by atoms with Gasteiger partial charge in [-0.05, 0) is 26.2 Å². The van der Waals surface area contributed by atoms with Crippen molar-refractivity contribution in [3.05, 3.63) is 0 Å². The first-order chi connectivity index (χ1) is 8.00. The molecule has 2 heterocycles. The fourth-order valence-electron chi connectivity index (χ4n) is 2.93. The van der Waals surface area contributed by atoms with E-state index in [1.807, 2.05) is 13.8 Å². The van der Waals surface area contributed by atoms with Gasteiger partial charge in [0.1, 0.15) is 0 Å². The van der Waals surface area contributed by atoms with Crippen molar-refractivity contribution in [2.45, 2.75) is 45.8 Å². The van der Waals surface area contributed by atoms with E-state index in [9.17, 15) is 9.59 Å². The monoisotopic (exact) mass is 239 g/mol. The molecule has 96 valence electrons. The van der Waals surface area contributed by atoms with Crippen LogP contribution in [0, 0.1) is 11.8 Å². The first-order valence-electron chi connectivity index (χ1n) is 6.46. The summed E-state index contributed by atoms with van der Waals surface area (Å²) in [5.74, 6) is 0.421. The molecule has 1 amide bonds. The van der Waals surface area contributed by atoms with Crippen LogP contribution in [0.5, 0.6) is 0 Å². The highest BCUT2D eigenvalue weighted by atomic mass is 16.5. The lowest BCUT2D eigenvalue weighted by Gasteiger charge is -2.30. The third-order valence-electron chi connectivity index (χ3n) is 4.09. The van der Waals surface area contributed by atoms with Crippen molar-refractivity contribution in [2.75, 3.05) is 13.1 Å². The normalized spacial score (nSPS) is 38.5. The molecule has 0 N–H and O–H groups in total. The number of likely N-dealkylation sites (tertiary alicyclic amines) is 1. The number of piperidine rings is 1. The molecule has 0 aromatic carbocycles. The zero-order valence-corrected chi connectivity index (χ0v) is 10.8. The first-order valence-corrected chi connectivity index (χ1v) is 6.46. The number of hydrogen-bond acceptors (Lipinski definition) is 3. The summed E-state index contributed by atoms with van der Waals surface area (Å²) in [4.78, 5) is 25.5. The summed E-state index contributed by atoms with van der Waals surface area (Å²) in [7, 11) is 0. The summed E-state index contributed by atoms with van der Waals surface area (Å²) in [6, 6.07) is 0. The Morgan fingerprint density at radius 3 is 2.53 bits per heavy atom. The van der Waals surface area contributed by atoms with Crippen molar-refractivity contribution in [1.82, 2.24) is 4.90 Å².